The van der Waals surface area contributed by atoms with Crippen LogP contribution in [0.25, 0.3) is 0 Å². The summed E-state index contributed by atoms with van der Waals surface area (Å²) in [5, 5.41) is 7.69. The Hall–Kier alpha value is -2.37. The molecule has 0 aromatic carbocycles. The molecule has 0 spiro atoms. The molecule has 4 rings (SSSR count). The molecule has 1 atom stereocenters. The standard InChI is InChI=1S/C19H24N4O2/c1-10-16-12(7-5-9-15(16)24)20-18(10)19(25)21-13-6-4-8-14-17(13)11(2)22-23(14)3/h13,20H,4-9H2,1-3H3,(H,21,25). The zero-order chi connectivity index (χ0) is 17.7. The molecule has 2 aliphatic carbocycles. The fourth-order valence-corrected chi connectivity index (χ4v) is 4.47. The molecule has 2 N–H and O–H groups in total. The van der Waals surface area contributed by atoms with Crippen molar-refractivity contribution in [3.63, 3.8) is 0 Å². The summed E-state index contributed by atoms with van der Waals surface area (Å²) in [6.45, 7) is 3.87. The maximum Gasteiger partial charge on any atom is 0.268 e. The molecular formula is C19H24N4O2. The van der Waals surface area contributed by atoms with Crippen molar-refractivity contribution in [3.8, 4) is 0 Å². The number of carbonyl (C=O) groups excluding carboxylic acids is 2. The fourth-order valence-electron chi connectivity index (χ4n) is 4.47. The number of rotatable bonds is 2. The third-order valence-electron chi connectivity index (χ3n) is 5.62. The van der Waals surface area contributed by atoms with E-state index in [0.717, 1.165) is 60.2 Å². The summed E-state index contributed by atoms with van der Waals surface area (Å²) in [5.41, 5.74) is 6.34. The first-order chi connectivity index (χ1) is 12.0. The number of amides is 1. The van der Waals surface area contributed by atoms with Crippen LogP contribution < -0.4 is 5.32 Å². The van der Waals surface area contributed by atoms with E-state index in [0.29, 0.717) is 12.1 Å². The Bertz CT molecular complexity index is 875. The first-order valence-corrected chi connectivity index (χ1v) is 9.05. The van der Waals surface area contributed by atoms with Crippen molar-refractivity contribution < 1.29 is 9.59 Å². The molecule has 25 heavy (non-hydrogen) atoms. The predicted molar refractivity (Wildman–Crippen MR) is 93.9 cm³/mol. The van der Waals surface area contributed by atoms with Crippen LogP contribution >= 0.6 is 0 Å². The number of fused-ring (bicyclic) bond motifs is 2. The molecule has 0 bridgehead atoms. The quantitative estimate of drug-likeness (QED) is 0.882. The second-order valence-electron chi connectivity index (χ2n) is 7.24. The van der Waals surface area contributed by atoms with E-state index in [2.05, 4.69) is 15.4 Å². The number of hydrogen-bond acceptors (Lipinski definition) is 3. The van der Waals surface area contributed by atoms with E-state index in [4.69, 9.17) is 0 Å². The Labute approximate surface area is 147 Å². The molecular weight excluding hydrogens is 316 g/mol. The van der Waals surface area contributed by atoms with E-state index in [9.17, 15) is 9.59 Å². The van der Waals surface area contributed by atoms with Gasteiger partial charge in [-0.1, -0.05) is 0 Å². The Kier molecular flexibility index (Phi) is 3.78. The van der Waals surface area contributed by atoms with Crippen LogP contribution in [0.15, 0.2) is 0 Å². The summed E-state index contributed by atoms with van der Waals surface area (Å²) < 4.78 is 1.93. The maximum atomic E-state index is 12.9. The summed E-state index contributed by atoms with van der Waals surface area (Å²) in [5.74, 6) is 0.0258. The number of aromatic nitrogens is 3. The molecule has 2 aromatic rings. The highest BCUT2D eigenvalue weighted by atomic mass is 16.2. The summed E-state index contributed by atoms with van der Waals surface area (Å²) in [4.78, 5) is 28.3. The average Bonchev–Trinajstić information content (AvgIpc) is 3.07. The summed E-state index contributed by atoms with van der Waals surface area (Å²) in [7, 11) is 1.96. The molecule has 2 aliphatic rings. The van der Waals surface area contributed by atoms with Crippen molar-refractivity contribution in [2.45, 2.75) is 58.4 Å². The number of ketones is 1. The van der Waals surface area contributed by atoms with Gasteiger partial charge in [0.15, 0.2) is 5.78 Å². The van der Waals surface area contributed by atoms with E-state index in [1.165, 1.54) is 5.69 Å². The highest BCUT2D eigenvalue weighted by Gasteiger charge is 2.30. The minimum Gasteiger partial charge on any atom is -0.354 e. The summed E-state index contributed by atoms with van der Waals surface area (Å²) >= 11 is 0. The third kappa shape index (κ3) is 2.51. The molecule has 0 saturated heterocycles. The predicted octanol–water partition coefficient (Wildman–Crippen LogP) is 2.69. The number of carbonyl (C=O) groups is 2. The summed E-state index contributed by atoms with van der Waals surface area (Å²) in [6, 6.07) is -0.0135. The lowest BCUT2D eigenvalue weighted by molar-refractivity contribution is 0.0926. The van der Waals surface area contributed by atoms with Gasteiger partial charge < -0.3 is 10.3 Å². The van der Waals surface area contributed by atoms with Gasteiger partial charge >= 0.3 is 0 Å². The Morgan fingerprint density at radius 3 is 2.80 bits per heavy atom. The lowest BCUT2D eigenvalue weighted by Gasteiger charge is -2.24. The molecule has 0 radical (unpaired) electrons. The van der Waals surface area contributed by atoms with Gasteiger partial charge in [-0.15, -0.1) is 0 Å². The molecule has 0 aliphatic heterocycles. The van der Waals surface area contributed by atoms with E-state index in [1.54, 1.807) is 0 Å². The Balaban J connectivity index is 1.63. The highest BCUT2D eigenvalue weighted by Crippen LogP contribution is 2.33. The molecule has 0 saturated carbocycles. The van der Waals surface area contributed by atoms with Gasteiger partial charge in [-0.25, -0.2) is 0 Å². The van der Waals surface area contributed by atoms with Crippen molar-refractivity contribution >= 4 is 11.7 Å². The number of nitrogens with one attached hydrogen (secondary N) is 2. The maximum absolute atomic E-state index is 12.9. The van der Waals surface area contributed by atoms with Crippen LogP contribution in [-0.4, -0.2) is 26.5 Å². The normalized spacial score (nSPS) is 19.5. The van der Waals surface area contributed by atoms with Crippen molar-refractivity contribution in [3.05, 3.63) is 39.5 Å². The van der Waals surface area contributed by atoms with Crippen LogP contribution in [0.2, 0.25) is 0 Å². The number of nitrogens with zero attached hydrogens (tertiary/aromatic N) is 2. The number of hydrogen-bond donors (Lipinski definition) is 2. The van der Waals surface area contributed by atoms with Crippen LogP contribution in [0, 0.1) is 13.8 Å². The Morgan fingerprint density at radius 1 is 1.24 bits per heavy atom. The van der Waals surface area contributed by atoms with Crippen LogP contribution in [0.3, 0.4) is 0 Å². The van der Waals surface area contributed by atoms with E-state index in [-0.39, 0.29) is 17.7 Å². The number of H-pyrrole nitrogens is 1. The average molecular weight is 340 g/mol. The first kappa shape index (κ1) is 16.1. The molecule has 6 heteroatoms. The zero-order valence-electron chi connectivity index (χ0n) is 15.0. The first-order valence-electron chi connectivity index (χ1n) is 9.05. The van der Waals surface area contributed by atoms with Crippen molar-refractivity contribution in [2.75, 3.05) is 0 Å². The van der Waals surface area contributed by atoms with Crippen molar-refractivity contribution in [2.24, 2.45) is 7.05 Å². The minimum atomic E-state index is -0.124. The Morgan fingerprint density at radius 2 is 2.04 bits per heavy atom. The number of aryl methyl sites for hydroxylation is 3. The SMILES string of the molecule is Cc1nn(C)c2c1C(NC(=O)c1[nH]c3c(c1C)C(=O)CCC3)CCC2. The van der Waals surface area contributed by atoms with Crippen LogP contribution in [0.4, 0.5) is 0 Å². The van der Waals surface area contributed by atoms with Crippen LogP contribution in [-0.2, 0) is 19.9 Å². The van der Waals surface area contributed by atoms with Gasteiger partial charge in [-0.2, -0.15) is 5.10 Å². The lowest BCUT2D eigenvalue weighted by atomic mass is 9.90. The van der Waals surface area contributed by atoms with Gasteiger partial charge in [0.05, 0.1) is 11.7 Å². The van der Waals surface area contributed by atoms with Gasteiger partial charge in [-0.3, -0.25) is 14.3 Å². The second kappa shape index (κ2) is 5.86. The lowest BCUT2D eigenvalue weighted by Crippen LogP contribution is -2.32. The smallest absolute Gasteiger partial charge is 0.268 e. The van der Waals surface area contributed by atoms with Gasteiger partial charge in [-0.05, 0) is 51.5 Å². The van der Waals surface area contributed by atoms with Gasteiger partial charge in [0.25, 0.3) is 5.91 Å². The van der Waals surface area contributed by atoms with Crippen molar-refractivity contribution in [1.82, 2.24) is 20.1 Å². The van der Waals surface area contributed by atoms with E-state index >= 15 is 0 Å². The monoisotopic (exact) mass is 340 g/mol. The molecule has 0 fully saturated rings. The van der Waals surface area contributed by atoms with Gasteiger partial charge in [0.2, 0.25) is 0 Å². The largest absolute Gasteiger partial charge is 0.354 e. The highest BCUT2D eigenvalue weighted by molar-refractivity contribution is 6.04. The molecule has 1 amide bonds. The van der Waals surface area contributed by atoms with Gasteiger partial charge in [0, 0.05) is 36.0 Å². The molecule has 1 unspecified atom stereocenters. The third-order valence-corrected chi connectivity index (χ3v) is 5.62. The van der Waals surface area contributed by atoms with E-state index < -0.39 is 0 Å². The molecule has 2 aromatic heterocycles. The zero-order valence-corrected chi connectivity index (χ0v) is 15.0. The van der Waals surface area contributed by atoms with Crippen LogP contribution in [0.5, 0.6) is 0 Å². The minimum absolute atomic E-state index is 0.0135. The number of Topliss-reactive ketones (excluding diaryl/α,β-unsaturated/α-hetero) is 1. The van der Waals surface area contributed by atoms with E-state index in [1.807, 2.05) is 25.6 Å². The number of aromatic amines is 1. The molecule has 132 valence electrons. The molecule has 2 heterocycles. The second-order valence-corrected chi connectivity index (χ2v) is 7.24. The topological polar surface area (TPSA) is 79.8 Å². The van der Waals surface area contributed by atoms with Crippen molar-refractivity contribution in [1.29, 1.82) is 0 Å². The van der Waals surface area contributed by atoms with Crippen LogP contribution in [0.1, 0.15) is 80.8 Å². The van der Waals surface area contributed by atoms with Gasteiger partial charge in [0.1, 0.15) is 5.69 Å². The summed E-state index contributed by atoms with van der Waals surface area (Å²) in [6.07, 6.45) is 5.23. The fraction of sp³-hybridized carbons (Fsp3) is 0.526. The molecule has 6 nitrogen and oxygen atoms in total.